The van der Waals surface area contributed by atoms with Crippen molar-refractivity contribution < 1.29 is 14.3 Å². The molecule has 1 aliphatic rings. The number of hydrogen-bond donors (Lipinski definition) is 2. The SMILES string of the molecule is Nc1ncc(C2CC=C(C(=O)O)CC2)nc1-c1nnc(-c2ccccc2)o1. The fraction of sp³-hybridized carbons (Fsp3) is 0.211. The molecular formula is C19H17N5O3. The van der Waals surface area contributed by atoms with Crippen molar-refractivity contribution in [2.24, 2.45) is 0 Å². The highest BCUT2D eigenvalue weighted by molar-refractivity contribution is 5.86. The third-order valence-corrected chi connectivity index (χ3v) is 4.57. The average Bonchev–Trinajstić information content (AvgIpc) is 3.19. The van der Waals surface area contributed by atoms with Gasteiger partial charge in [0.05, 0.1) is 11.9 Å². The van der Waals surface area contributed by atoms with Crippen LogP contribution in [0.1, 0.15) is 30.9 Å². The summed E-state index contributed by atoms with van der Waals surface area (Å²) in [5.74, 6) is 0.00932. The third kappa shape index (κ3) is 3.41. The number of hydrogen-bond acceptors (Lipinski definition) is 7. The van der Waals surface area contributed by atoms with Crippen LogP contribution in [0, 0.1) is 0 Å². The Morgan fingerprint density at radius 2 is 1.96 bits per heavy atom. The topological polar surface area (TPSA) is 128 Å². The zero-order valence-electron chi connectivity index (χ0n) is 14.4. The first-order valence-corrected chi connectivity index (χ1v) is 8.56. The van der Waals surface area contributed by atoms with Gasteiger partial charge in [0.15, 0.2) is 11.5 Å². The Kier molecular flexibility index (Phi) is 4.37. The summed E-state index contributed by atoms with van der Waals surface area (Å²) in [6.45, 7) is 0. The van der Waals surface area contributed by atoms with Crippen LogP contribution in [-0.2, 0) is 4.79 Å². The maximum atomic E-state index is 11.1. The van der Waals surface area contributed by atoms with Gasteiger partial charge in [-0.15, -0.1) is 10.2 Å². The van der Waals surface area contributed by atoms with Gasteiger partial charge in [0.25, 0.3) is 5.89 Å². The van der Waals surface area contributed by atoms with Gasteiger partial charge < -0.3 is 15.3 Å². The summed E-state index contributed by atoms with van der Waals surface area (Å²) in [6.07, 6.45) is 5.15. The van der Waals surface area contributed by atoms with E-state index in [-0.39, 0.29) is 17.6 Å². The van der Waals surface area contributed by atoms with Crippen molar-refractivity contribution in [3.63, 3.8) is 0 Å². The molecule has 1 atom stereocenters. The highest BCUT2D eigenvalue weighted by Crippen LogP contribution is 2.33. The van der Waals surface area contributed by atoms with Crippen molar-refractivity contribution >= 4 is 11.8 Å². The van der Waals surface area contributed by atoms with Crippen LogP contribution in [0.25, 0.3) is 23.0 Å². The van der Waals surface area contributed by atoms with E-state index in [0.29, 0.717) is 36.4 Å². The molecule has 8 heteroatoms. The van der Waals surface area contributed by atoms with Gasteiger partial charge in [-0.25, -0.2) is 14.8 Å². The zero-order chi connectivity index (χ0) is 18.8. The average molecular weight is 363 g/mol. The highest BCUT2D eigenvalue weighted by atomic mass is 16.4. The normalized spacial score (nSPS) is 16.7. The summed E-state index contributed by atoms with van der Waals surface area (Å²) in [4.78, 5) is 19.9. The summed E-state index contributed by atoms with van der Waals surface area (Å²) in [5, 5.41) is 17.2. The first-order chi connectivity index (χ1) is 13.1. The summed E-state index contributed by atoms with van der Waals surface area (Å²) < 4.78 is 5.73. The van der Waals surface area contributed by atoms with Crippen LogP contribution >= 0.6 is 0 Å². The predicted octanol–water partition coefficient (Wildman–Crippen LogP) is 3.05. The lowest BCUT2D eigenvalue weighted by molar-refractivity contribution is -0.132. The molecule has 0 saturated heterocycles. The second-order valence-corrected chi connectivity index (χ2v) is 6.31. The zero-order valence-corrected chi connectivity index (χ0v) is 14.4. The van der Waals surface area contributed by atoms with E-state index in [1.807, 2.05) is 30.3 Å². The number of benzene rings is 1. The third-order valence-electron chi connectivity index (χ3n) is 4.57. The number of allylic oxidation sites excluding steroid dienone is 1. The molecule has 8 nitrogen and oxygen atoms in total. The first-order valence-electron chi connectivity index (χ1n) is 8.56. The van der Waals surface area contributed by atoms with Gasteiger partial charge in [-0.05, 0) is 31.4 Å². The summed E-state index contributed by atoms with van der Waals surface area (Å²) in [6, 6.07) is 9.42. The van der Waals surface area contributed by atoms with Crippen molar-refractivity contribution in [2.75, 3.05) is 5.73 Å². The number of nitrogens with zero attached hydrogens (tertiary/aromatic N) is 4. The molecule has 1 aromatic carbocycles. The van der Waals surface area contributed by atoms with E-state index in [0.717, 1.165) is 11.3 Å². The largest absolute Gasteiger partial charge is 0.478 e. The van der Waals surface area contributed by atoms with E-state index >= 15 is 0 Å². The minimum absolute atomic E-state index is 0.0801. The second-order valence-electron chi connectivity index (χ2n) is 6.31. The molecule has 3 aromatic rings. The van der Waals surface area contributed by atoms with E-state index in [9.17, 15) is 4.79 Å². The minimum atomic E-state index is -0.864. The van der Waals surface area contributed by atoms with Crippen LogP contribution in [0.4, 0.5) is 5.82 Å². The van der Waals surface area contributed by atoms with Gasteiger partial charge in [-0.3, -0.25) is 0 Å². The Balaban J connectivity index is 1.62. The van der Waals surface area contributed by atoms with Crippen LogP contribution in [0.3, 0.4) is 0 Å². The Labute approximate surface area is 154 Å². The molecule has 1 aliphatic carbocycles. The van der Waals surface area contributed by atoms with Crippen LogP contribution in [0.2, 0.25) is 0 Å². The van der Waals surface area contributed by atoms with Gasteiger partial charge >= 0.3 is 5.97 Å². The minimum Gasteiger partial charge on any atom is -0.478 e. The second kappa shape index (κ2) is 6.99. The van der Waals surface area contributed by atoms with E-state index in [1.165, 1.54) is 0 Å². The van der Waals surface area contributed by atoms with Crippen molar-refractivity contribution in [3.8, 4) is 23.0 Å². The molecule has 2 aromatic heterocycles. The molecule has 2 heterocycles. The van der Waals surface area contributed by atoms with E-state index in [2.05, 4.69) is 20.2 Å². The maximum Gasteiger partial charge on any atom is 0.331 e. The fourth-order valence-electron chi connectivity index (χ4n) is 3.08. The molecule has 0 fully saturated rings. The van der Waals surface area contributed by atoms with Gasteiger partial charge in [0.1, 0.15) is 0 Å². The van der Waals surface area contributed by atoms with Crippen molar-refractivity contribution in [1.82, 2.24) is 20.2 Å². The molecule has 0 aliphatic heterocycles. The molecule has 136 valence electrons. The van der Waals surface area contributed by atoms with Gasteiger partial charge in [0, 0.05) is 17.1 Å². The molecule has 0 saturated carbocycles. The molecule has 27 heavy (non-hydrogen) atoms. The fourth-order valence-corrected chi connectivity index (χ4v) is 3.08. The number of aromatic nitrogens is 4. The number of carbonyl (C=O) groups is 1. The molecule has 1 unspecified atom stereocenters. The number of carboxylic acid groups (broad SMARTS) is 1. The Morgan fingerprint density at radius 1 is 1.19 bits per heavy atom. The first kappa shape index (κ1) is 16.9. The maximum absolute atomic E-state index is 11.1. The number of rotatable bonds is 4. The lowest BCUT2D eigenvalue weighted by Crippen LogP contribution is -2.12. The molecule has 0 amide bonds. The number of nitrogen functional groups attached to an aromatic ring is 1. The van der Waals surface area contributed by atoms with Crippen molar-refractivity contribution in [2.45, 2.75) is 25.2 Å². The molecule has 3 N–H and O–H groups in total. The van der Waals surface area contributed by atoms with Gasteiger partial charge in [0.2, 0.25) is 5.89 Å². The van der Waals surface area contributed by atoms with E-state index < -0.39 is 5.97 Å². The van der Waals surface area contributed by atoms with Crippen LogP contribution < -0.4 is 5.73 Å². The Morgan fingerprint density at radius 3 is 2.67 bits per heavy atom. The highest BCUT2D eigenvalue weighted by Gasteiger charge is 2.23. The summed E-state index contributed by atoms with van der Waals surface area (Å²) in [5.41, 5.74) is 8.30. The molecule has 0 radical (unpaired) electrons. The number of anilines is 1. The Hall–Kier alpha value is -3.55. The van der Waals surface area contributed by atoms with Gasteiger partial charge in [-0.2, -0.15) is 0 Å². The smallest absolute Gasteiger partial charge is 0.331 e. The van der Waals surface area contributed by atoms with Crippen molar-refractivity contribution in [1.29, 1.82) is 0 Å². The van der Waals surface area contributed by atoms with Gasteiger partial charge in [-0.1, -0.05) is 24.3 Å². The lowest BCUT2D eigenvalue weighted by Gasteiger charge is -2.19. The van der Waals surface area contributed by atoms with Crippen LogP contribution in [-0.4, -0.2) is 31.2 Å². The quantitative estimate of drug-likeness (QED) is 0.724. The van der Waals surface area contributed by atoms with E-state index in [4.69, 9.17) is 15.3 Å². The Bertz CT molecular complexity index is 1010. The van der Waals surface area contributed by atoms with Crippen molar-refractivity contribution in [3.05, 3.63) is 53.9 Å². The molecule has 0 spiro atoms. The summed E-state index contributed by atoms with van der Waals surface area (Å²) >= 11 is 0. The lowest BCUT2D eigenvalue weighted by atomic mass is 9.87. The monoisotopic (exact) mass is 363 g/mol. The molecule has 0 bridgehead atoms. The number of nitrogens with two attached hydrogens (primary N) is 1. The number of carboxylic acids is 1. The standard InChI is InChI=1S/C19H17N5O3/c20-16-15(18-24-23-17(27-18)12-4-2-1-3-5-12)22-14(10-21-16)11-6-8-13(9-7-11)19(25)26/h1-5,8,10-11H,6-7,9H2,(H2,20,21)(H,25,26). The number of aliphatic carboxylic acids is 1. The molecule has 4 rings (SSSR count). The van der Waals surface area contributed by atoms with Crippen LogP contribution in [0.5, 0.6) is 0 Å². The van der Waals surface area contributed by atoms with E-state index in [1.54, 1.807) is 12.3 Å². The summed E-state index contributed by atoms with van der Waals surface area (Å²) in [7, 11) is 0. The molecular weight excluding hydrogens is 346 g/mol. The predicted molar refractivity (Wildman–Crippen MR) is 97.5 cm³/mol. The van der Waals surface area contributed by atoms with Crippen LogP contribution in [0.15, 0.2) is 52.6 Å².